The molecule has 1 amide bonds. The first-order chi connectivity index (χ1) is 11.7. The molecule has 1 aliphatic heterocycles. The van der Waals surface area contributed by atoms with E-state index in [1.54, 1.807) is 19.5 Å². The SMILES string of the molecule is CO[C@@H]1CN[C@@H](C(=O)N[C@@H](C)c2ccc(-c3ccncc3)cc2)C1. The van der Waals surface area contributed by atoms with Crippen molar-refractivity contribution in [1.82, 2.24) is 15.6 Å². The number of nitrogens with zero attached hydrogens (tertiary/aromatic N) is 1. The Morgan fingerprint density at radius 3 is 2.50 bits per heavy atom. The summed E-state index contributed by atoms with van der Waals surface area (Å²) < 4.78 is 5.29. The molecule has 2 aromatic rings. The molecule has 126 valence electrons. The maximum atomic E-state index is 12.3. The van der Waals surface area contributed by atoms with Gasteiger partial charge in [-0.3, -0.25) is 9.78 Å². The molecule has 3 atom stereocenters. The molecule has 0 saturated carbocycles. The Morgan fingerprint density at radius 2 is 1.88 bits per heavy atom. The Morgan fingerprint density at radius 1 is 1.21 bits per heavy atom. The summed E-state index contributed by atoms with van der Waals surface area (Å²) in [5.74, 6) is 0.0280. The molecule has 1 fully saturated rings. The minimum atomic E-state index is -0.173. The average molecular weight is 325 g/mol. The number of hydrogen-bond acceptors (Lipinski definition) is 4. The first-order valence-electron chi connectivity index (χ1n) is 8.24. The summed E-state index contributed by atoms with van der Waals surface area (Å²) in [5, 5.41) is 6.28. The number of nitrogens with one attached hydrogen (secondary N) is 2. The van der Waals surface area contributed by atoms with Crippen molar-refractivity contribution >= 4 is 5.91 Å². The van der Waals surface area contributed by atoms with Crippen LogP contribution in [0.25, 0.3) is 11.1 Å². The van der Waals surface area contributed by atoms with E-state index in [-0.39, 0.29) is 24.1 Å². The molecular weight excluding hydrogens is 302 g/mol. The quantitative estimate of drug-likeness (QED) is 0.885. The maximum Gasteiger partial charge on any atom is 0.237 e. The van der Waals surface area contributed by atoms with Crippen molar-refractivity contribution in [1.29, 1.82) is 0 Å². The maximum absolute atomic E-state index is 12.3. The third-order valence-electron chi connectivity index (χ3n) is 4.52. The Hall–Kier alpha value is -2.24. The lowest BCUT2D eigenvalue weighted by atomic mass is 10.0. The highest BCUT2D eigenvalue weighted by atomic mass is 16.5. The predicted octanol–water partition coefficient (Wildman–Crippen LogP) is 2.30. The minimum Gasteiger partial charge on any atom is -0.380 e. The summed E-state index contributed by atoms with van der Waals surface area (Å²) >= 11 is 0. The third-order valence-corrected chi connectivity index (χ3v) is 4.52. The largest absolute Gasteiger partial charge is 0.380 e. The van der Waals surface area contributed by atoms with Crippen LogP contribution >= 0.6 is 0 Å². The highest BCUT2D eigenvalue weighted by Crippen LogP contribution is 2.21. The molecule has 2 N–H and O–H groups in total. The van der Waals surface area contributed by atoms with Gasteiger partial charge in [0.15, 0.2) is 0 Å². The van der Waals surface area contributed by atoms with Gasteiger partial charge in [-0.25, -0.2) is 0 Å². The Balaban J connectivity index is 1.61. The van der Waals surface area contributed by atoms with E-state index < -0.39 is 0 Å². The first kappa shape index (κ1) is 16.6. The molecule has 1 aliphatic rings. The number of benzene rings is 1. The molecule has 2 heterocycles. The van der Waals surface area contributed by atoms with Crippen molar-refractivity contribution < 1.29 is 9.53 Å². The first-order valence-corrected chi connectivity index (χ1v) is 8.24. The van der Waals surface area contributed by atoms with E-state index in [1.165, 1.54) is 0 Å². The lowest BCUT2D eigenvalue weighted by molar-refractivity contribution is -0.123. The zero-order chi connectivity index (χ0) is 16.9. The number of methoxy groups -OCH3 is 1. The summed E-state index contributed by atoms with van der Waals surface area (Å²) in [4.78, 5) is 16.4. The molecule has 1 aromatic heterocycles. The van der Waals surface area contributed by atoms with Crippen LogP contribution in [0.5, 0.6) is 0 Å². The van der Waals surface area contributed by atoms with Crippen LogP contribution in [0.15, 0.2) is 48.8 Å². The van der Waals surface area contributed by atoms with Gasteiger partial charge < -0.3 is 15.4 Å². The van der Waals surface area contributed by atoms with E-state index in [1.807, 2.05) is 19.1 Å². The van der Waals surface area contributed by atoms with Gasteiger partial charge in [0.1, 0.15) is 0 Å². The molecule has 0 bridgehead atoms. The molecule has 0 aliphatic carbocycles. The molecule has 5 nitrogen and oxygen atoms in total. The minimum absolute atomic E-state index is 0.0280. The second-order valence-corrected chi connectivity index (χ2v) is 6.14. The molecule has 3 rings (SSSR count). The van der Waals surface area contributed by atoms with Crippen molar-refractivity contribution in [3.63, 3.8) is 0 Å². The van der Waals surface area contributed by atoms with Crippen molar-refractivity contribution in [2.75, 3.05) is 13.7 Å². The Bertz CT molecular complexity index is 673. The Labute approximate surface area is 142 Å². The summed E-state index contributed by atoms with van der Waals surface area (Å²) in [6, 6.07) is 12.0. The van der Waals surface area contributed by atoms with Crippen LogP contribution in [0.3, 0.4) is 0 Å². The van der Waals surface area contributed by atoms with E-state index in [2.05, 4.69) is 39.9 Å². The Kier molecular flexibility index (Phi) is 5.23. The average Bonchev–Trinajstić information content (AvgIpc) is 3.12. The second kappa shape index (κ2) is 7.55. The van der Waals surface area contributed by atoms with Crippen LogP contribution in [0, 0.1) is 0 Å². The number of amides is 1. The predicted molar refractivity (Wildman–Crippen MR) is 93.4 cm³/mol. The summed E-state index contributed by atoms with van der Waals surface area (Å²) in [6.45, 7) is 2.73. The molecule has 24 heavy (non-hydrogen) atoms. The number of carbonyl (C=O) groups is 1. The van der Waals surface area contributed by atoms with E-state index in [0.717, 1.165) is 29.7 Å². The normalized spacial score (nSPS) is 21.4. The lowest BCUT2D eigenvalue weighted by Gasteiger charge is -2.18. The molecule has 0 radical (unpaired) electrons. The molecule has 0 spiro atoms. The van der Waals surface area contributed by atoms with Gasteiger partial charge in [-0.05, 0) is 42.2 Å². The molecule has 1 aromatic carbocycles. The fraction of sp³-hybridized carbons (Fsp3) is 0.368. The topological polar surface area (TPSA) is 63.2 Å². The fourth-order valence-corrected chi connectivity index (χ4v) is 2.99. The summed E-state index contributed by atoms with van der Waals surface area (Å²) in [6.07, 6.45) is 4.41. The fourth-order valence-electron chi connectivity index (χ4n) is 2.99. The van der Waals surface area contributed by atoms with E-state index in [9.17, 15) is 4.79 Å². The standard InChI is InChI=1S/C19H23N3O2/c1-13(22-19(23)18-11-17(24-2)12-21-18)14-3-5-15(6-4-14)16-7-9-20-10-8-16/h3-10,13,17-18,21H,11-12H2,1-2H3,(H,22,23)/t13-,17-,18+/m0/s1. The number of pyridine rings is 1. The number of aromatic nitrogens is 1. The number of hydrogen-bond donors (Lipinski definition) is 2. The smallest absolute Gasteiger partial charge is 0.237 e. The van der Waals surface area contributed by atoms with Crippen LogP contribution < -0.4 is 10.6 Å². The van der Waals surface area contributed by atoms with Crippen LogP contribution in [0.4, 0.5) is 0 Å². The molecule has 1 saturated heterocycles. The van der Waals surface area contributed by atoms with Gasteiger partial charge in [0.25, 0.3) is 0 Å². The van der Waals surface area contributed by atoms with Crippen LogP contribution in [-0.2, 0) is 9.53 Å². The van der Waals surface area contributed by atoms with Crippen molar-refractivity contribution in [2.24, 2.45) is 0 Å². The van der Waals surface area contributed by atoms with Gasteiger partial charge in [-0.1, -0.05) is 24.3 Å². The van der Waals surface area contributed by atoms with Crippen molar-refractivity contribution in [3.05, 3.63) is 54.4 Å². The third kappa shape index (κ3) is 3.80. The zero-order valence-electron chi connectivity index (χ0n) is 14.0. The van der Waals surface area contributed by atoms with E-state index >= 15 is 0 Å². The molecule has 5 heteroatoms. The summed E-state index contributed by atoms with van der Waals surface area (Å²) in [5.41, 5.74) is 3.36. The lowest BCUT2D eigenvalue weighted by Crippen LogP contribution is -2.41. The molecule has 0 unspecified atom stereocenters. The summed E-state index contributed by atoms with van der Waals surface area (Å²) in [7, 11) is 1.68. The van der Waals surface area contributed by atoms with Gasteiger partial charge in [0.05, 0.1) is 18.2 Å². The van der Waals surface area contributed by atoms with Gasteiger partial charge in [0.2, 0.25) is 5.91 Å². The number of rotatable bonds is 5. The van der Waals surface area contributed by atoms with Crippen LogP contribution in [-0.4, -0.2) is 36.7 Å². The van der Waals surface area contributed by atoms with Crippen LogP contribution in [0.1, 0.15) is 24.9 Å². The van der Waals surface area contributed by atoms with Gasteiger partial charge >= 0.3 is 0 Å². The van der Waals surface area contributed by atoms with Gasteiger partial charge in [-0.2, -0.15) is 0 Å². The zero-order valence-corrected chi connectivity index (χ0v) is 14.0. The van der Waals surface area contributed by atoms with Crippen LogP contribution in [0.2, 0.25) is 0 Å². The number of carbonyl (C=O) groups excluding carboxylic acids is 1. The highest BCUT2D eigenvalue weighted by Gasteiger charge is 2.29. The second-order valence-electron chi connectivity index (χ2n) is 6.14. The van der Waals surface area contributed by atoms with Gasteiger partial charge in [0, 0.05) is 26.0 Å². The van der Waals surface area contributed by atoms with Crippen molar-refractivity contribution in [3.8, 4) is 11.1 Å². The van der Waals surface area contributed by atoms with Crippen molar-refractivity contribution in [2.45, 2.75) is 31.5 Å². The number of ether oxygens (including phenoxy) is 1. The highest BCUT2D eigenvalue weighted by molar-refractivity contribution is 5.82. The van der Waals surface area contributed by atoms with E-state index in [4.69, 9.17) is 4.74 Å². The van der Waals surface area contributed by atoms with E-state index in [0.29, 0.717) is 0 Å². The monoisotopic (exact) mass is 325 g/mol. The van der Waals surface area contributed by atoms with Gasteiger partial charge in [-0.15, -0.1) is 0 Å². The molecular formula is C19H23N3O2.